The van der Waals surface area contributed by atoms with Crippen LogP contribution in [0.1, 0.15) is 60.9 Å². The fourth-order valence-electron chi connectivity index (χ4n) is 4.80. The van der Waals surface area contributed by atoms with Crippen LogP contribution < -0.4 is 5.49 Å². The minimum absolute atomic E-state index is 0.0878. The van der Waals surface area contributed by atoms with E-state index in [9.17, 15) is 18.0 Å². The van der Waals surface area contributed by atoms with E-state index < -0.39 is 23.5 Å². The molecule has 1 aliphatic rings. The van der Waals surface area contributed by atoms with E-state index in [0.717, 1.165) is 6.07 Å². The van der Waals surface area contributed by atoms with Crippen molar-refractivity contribution in [3.8, 4) is 0 Å². The van der Waals surface area contributed by atoms with Gasteiger partial charge in [-0.3, -0.25) is 14.8 Å². The normalized spacial score (nSPS) is 17.5. The number of nitrogens with zero attached hydrogens (tertiary/aromatic N) is 5. The van der Waals surface area contributed by atoms with Gasteiger partial charge in [0.1, 0.15) is 5.82 Å². The molecule has 1 aliphatic heterocycles. The summed E-state index contributed by atoms with van der Waals surface area (Å²) in [5.41, 5.74) is -0.600. The summed E-state index contributed by atoms with van der Waals surface area (Å²) in [6, 6.07) is 5.08. The molecule has 0 radical (unpaired) electrons. The zero-order chi connectivity index (χ0) is 26.4. The highest BCUT2D eigenvalue weighted by Gasteiger charge is 2.38. The van der Waals surface area contributed by atoms with Crippen LogP contribution >= 0.6 is 0 Å². The molecule has 0 N–H and O–H groups in total. The van der Waals surface area contributed by atoms with Crippen molar-refractivity contribution < 1.29 is 22.4 Å². The molecule has 0 saturated carbocycles. The zero-order valence-electron chi connectivity index (χ0n) is 20.9. The second kappa shape index (κ2) is 9.29. The van der Waals surface area contributed by atoms with Gasteiger partial charge in [0.25, 0.3) is 0 Å². The standard InChI is InChI=1S/C26H29F4N5O/c1-15-19(7-6-8-21(15)26(28,29)30)16(2)32-24-20-13-23(31-14-22(20)34(5)17(3)33-24)25(27)9-11-35(12-10-25)18(4)36/h6-8,13-14,16H,9-12H2,1-5H3. The van der Waals surface area contributed by atoms with Gasteiger partial charge in [0.2, 0.25) is 5.91 Å². The first-order chi connectivity index (χ1) is 16.8. The molecule has 0 aliphatic carbocycles. The molecule has 1 saturated heterocycles. The Balaban J connectivity index is 1.82. The summed E-state index contributed by atoms with van der Waals surface area (Å²) in [5.74, 6) is 0.545. The number of carbonyl (C=O) groups is 1. The van der Waals surface area contributed by atoms with Crippen molar-refractivity contribution in [2.24, 2.45) is 12.0 Å². The molecule has 192 valence electrons. The Hall–Kier alpha value is -3.30. The van der Waals surface area contributed by atoms with Gasteiger partial charge in [-0.15, -0.1) is 0 Å². The number of rotatable bonds is 3. The second-order valence-electron chi connectivity index (χ2n) is 9.42. The van der Waals surface area contributed by atoms with Gasteiger partial charge in [-0.1, -0.05) is 12.1 Å². The van der Waals surface area contributed by atoms with E-state index in [0.29, 0.717) is 40.9 Å². The quantitative estimate of drug-likeness (QED) is 0.469. The SMILES string of the molecule is CC(=O)N1CCC(F)(c2cc3c(=NC(C)c4cccc(C(F)(F)F)c4C)nc(C)n(C)c3cn2)CC1. The van der Waals surface area contributed by atoms with Crippen molar-refractivity contribution in [1.29, 1.82) is 0 Å². The van der Waals surface area contributed by atoms with Gasteiger partial charge in [-0.25, -0.2) is 9.37 Å². The summed E-state index contributed by atoms with van der Waals surface area (Å²) in [7, 11) is 1.81. The lowest BCUT2D eigenvalue weighted by atomic mass is 9.89. The van der Waals surface area contributed by atoms with Crippen molar-refractivity contribution in [2.45, 2.75) is 58.4 Å². The van der Waals surface area contributed by atoms with Crippen LogP contribution in [0.25, 0.3) is 10.9 Å². The third-order valence-electron chi connectivity index (χ3n) is 7.15. The van der Waals surface area contributed by atoms with Crippen LogP contribution in [0.4, 0.5) is 17.6 Å². The van der Waals surface area contributed by atoms with E-state index in [-0.39, 0.29) is 30.0 Å². The fourth-order valence-corrected chi connectivity index (χ4v) is 4.80. The minimum Gasteiger partial charge on any atom is -0.343 e. The van der Waals surface area contributed by atoms with Crippen molar-refractivity contribution in [3.05, 3.63) is 64.2 Å². The highest BCUT2D eigenvalue weighted by atomic mass is 19.4. The van der Waals surface area contributed by atoms with Gasteiger partial charge in [0.05, 0.1) is 29.0 Å². The van der Waals surface area contributed by atoms with Crippen LogP contribution in [-0.4, -0.2) is 38.4 Å². The van der Waals surface area contributed by atoms with Gasteiger partial charge < -0.3 is 9.47 Å². The van der Waals surface area contributed by atoms with E-state index in [1.54, 1.807) is 37.1 Å². The number of aromatic nitrogens is 3. The third-order valence-corrected chi connectivity index (χ3v) is 7.15. The molecular weight excluding hydrogens is 474 g/mol. The maximum absolute atomic E-state index is 16.0. The number of aryl methyl sites for hydroxylation is 2. The molecule has 4 rings (SSSR count). The Bertz CT molecular complexity index is 1390. The van der Waals surface area contributed by atoms with E-state index >= 15 is 4.39 Å². The summed E-state index contributed by atoms with van der Waals surface area (Å²) in [6.07, 6.45) is -2.63. The monoisotopic (exact) mass is 503 g/mol. The number of pyridine rings is 1. The zero-order valence-corrected chi connectivity index (χ0v) is 20.9. The van der Waals surface area contributed by atoms with Gasteiger partial charge in [0, 0.05) is 45.3 Å². The van der Waals surface area contributed by atoms with Crippen molar-refractivity contribution in [3.63, 3.8) is 0 Å². The maximum atomic E-state index is 16.0. The largest absolute Gasteiger partial charge is 0.416 e. The third kappa shape index (κ3) is 4.73. The Morgan fingerprint density at radius 1 is 1.19 bits per heavy atom. The number of amides is 1. The van der Waals surface area contributed by atoms with Crippen molar-refractivity contribution >= 4 is 16.8 Å². The number of carbonyl (C=O) groups excluding carboxylic acids is 1. The van der Waals surface area contributed by atoms with Crippen LogP contribution in [0.15, 0.2) is 35.5 Å². The number of piperidine rings is 1. The first-order valence-electron chi connectivity index (χ1n) is 11.8. The number of halogens is 4. The maximum Gasteiger partial charge on any atom is 0.416 e. The van der Waals surface area contributed by atoms with E-state index in [2.05, 4.69) is 9.97 Å². The number of fused-ring (bicyclic) bond motifs is 1. The Morgan fingerprint density at radius 3 is 2.47 bits per heavy atom. The summed E-state index contributed by atoms with van der Waals surface area (Å²) < 4.78 is 58.1. The van der Waals surface area contributed by atoms with Crippen molar-refractivity contribution in [2.75, 3.05) is 13.1 Å². The Labute approximate surface area is 206 Å². The number of benzene rings is 1. The van der Waals surface area contributed by atoms with E-state index in [1.807, 2.05) is 11.6 Å². The highest BCUT2D eigenvalue weighted by molar-refractivity contribution is 5.78. The lowest BCUT2D eigenvalue weighted by Gasteiger charge is -2.35. The molecule has 1 atom stereocenters. The van der Waals surface area contributed by atoms with Crippen LogP contribution in [0.5, 0.6) is 0 Å². The lowest BCUT2D eigenvalue weighted by molar-refractivity contribution is -0.138. The minimum atomic E-state index is -4.46. The fraction of sp³-hybridized carbons (Fsp3) is 0.462. The summed E-state index contributed by atoms with van der Waals surface area (Å²) >= 11 is 0. The van der Waals surface area contributed by atoms with Crippen LogP contribution in [0.3, 0.4) is 0 Å². The molecule has 0 spiro atoms. The molecule has 3 aromatic rings. The molecule has 2 aromatic heterocycles. The average Bonchev–Trinajstić information content (AvgIpc) is 2.81. The molecule has 3 heterocycles. The molecular formula is C26H29F4N5O. The lowest BCUT2D eigenvalue weighted by Crippen LogP contribution is -2.42. The predicted octanol–water partition coefficient (Wildman–Crippen LogP) is 5.07. The first-order valence-corrected chi connectivity index (χ1v) is 11.8. The molecule has 10 heteroatoms. The summed E-state index contributed by atoms with van der Waals surface area (Å²) in [4.78, 5) is 27.0. The Morgan fingerprint density at radius 2 is 1.86 bits per heavy atom. The number of hydrogen-bond donors (Lipinski definition) is 0. The van der Waals surface area contributed by atoms with Gasteiger partial charge in [0.15, 0.2) is 11.2 Å². The van der Waals surface area contributed by atoms with Crippen LogP contribution in [0, 0.1) is 13.8 Å². The topological polar surface area (TPSA) is 63.4 Å². The van der Waals surface area contributed by atoms with Crippen LogP contribution in [-0.2, 0) is 23.7 Å². The second-order valence-corrected chi connectivity index (χ2v) is 9.42. The van der Waals surface area contributed by atoms with Gasteiger partial charge in [-0.2, -0.15) is 13.2 Å². The predicted molar refractivity (Wildman–Crippen MR) is 128 cm³/mol. The van der Waals surface area contributed by atoms with Crippen molar-refractivity contribution in [1.82, 2.24) is 19.4 Å². The molecule has 36 heavy (non-hydrogen) atoms. The molecule has 1 fully saturated rings. The number of hydrogen-bond acceptors (Lipinski definition) is 4. The smallest absolute Gasteiger partial charge is 0.343 e. The molecule has 1 amide bonds. The molecule has 1 aromatic carbocycles. The molecule has 0 bridgehead atoms. The average molecular weight is 504 g/mol. The molecule has 6 nitrogen and oxygen atoms in total. The summed E-state index contributed by atoms with van der Waals surface area (Å²) in [5, 5.41) is 0.565. The number of alkyl halides is 4. The molecule has 1 unspecified atom stereocenters. The first kappa shape index (κ1) is 25.8. The highest BCUT2D eigenvalue weighted by Crippen LogP contribution is 2.37. The summed E-state index contributed by atoms with van der Waals surface area (Å²) in [6.45, 7) is 7.02. The van der Waals surface area contributed by atoms with E-state index in [4.69, 9.17) is 4.99 Å². The van der Waals surface area contributed by atoms with Crippen LogP contribution in [0.2, 0.25) is 0 Å². The van der Waals surface area contributed by atoms with Gasteiger partial charge >= 0.3 is 6.18 Å². The Kier molecular flexibility index (Phi) is 6.66. The van der Waals surface area contributed by atoms with Gasteiger partial charge in [-0.05, 0) is 44.0 Å². The number of likely N-dealkylation sites (tertiary alicyclic amines) is 1. The van der Waals surface area contributed by atoms with E-state index in [1.165, 1.54) is 19.9 Å².